The third-order valence-corrected chi connectivity index (χ3v) is 5.93. The van der Waals surface area contributed by atoms with Crippen molar-refractivity contribution in [2.75, 3.05) is 11.4 Å². The summed E-state index contributed by atoms with van der Waals surface area (Å²) in [5.41, 5.74) is 3.70. The average molecular weight is 454 g/mol. The third kappa shape index (κ3) is 4.13. The lowest BCUT2D eigenvalue weighted by molar-refractivity contribution is -0.392. The molecule has 8 heteroatoms. The van der Waals surface area contributed by atoms with E-state index < -0.39 is 17.1 Å². The molecule has 34 heavy (non-hydrogen) atoms. The molecule has 1 aliphatic rings. The second kappa shape index (κ2) is 9.19. The lowest BCUT2D eigenvalue weighted by Crippen LogP contribution is -2.41. The summed E-state index contributed by atoms with van der Waals surface area (Å²) in [5.74, 6) is -0.0896. The standard InChI is InChI=1S/C26H22N4O4/c31-26(34-18-19-9-3-1-4-10-19)28-17-22(15-21-13-7-8-14-24(21)28)29-25(30(32)33)23(16-27-29)20-11-5-2-6-12-20/h1-14,16,22H,15,17-18H2/t22-/m1/s1. The molecule has 0 radical (unpaired) electrons. The first-order valence-electron chi connectivity index (χ1n) is 11.0. The van der Waals surface area contributed by atoms with E-state index in [9.17, 15) is 14.9 Å². The fourth-order valence-corrected chi connectivity index (χ4v) is 4.33. The van der Waals surface area contributed by atoms with E-state index in [4.69, 9.17) is 4.74 Å². The van der Waals surface area contributed by atoms with E-state index in [0.29, 0.717) is 12.0 Å². The van der Waals surface area contributed by atoms with Crippen molar-refractivity contribution in [1.82, 2.24) is 9.78 Å². The molecule has 1 aliphatic heterocycles. The molecule has 0 bridgehead atoms. The van der Waals surface area contributed by atoms with E-state index in [1.807, 2.05) is 84.9 Å². The second-order valence-corrected chi connectivity index (χ2v) is 8.09. The van der Waals surface area contributed by atoms with Crippen LogP contribution in [0.5, 0.6) is 0 Å². The Morgan fingerprint density at radius 3 is 2.41 bits per heavy atom. The summed E-state index contributed by atoms with van der Waals surface area (Å²) in [6.07, 6.45) is 1.53. The Labute approximate surface area is 196 Å². The van der Waals surface area contributed by atoms with Crippen LogP contribution in [0.15, 0.2) is 91.1 Å². The van der Waals surface area contributed by atoms with Crippen molar-refractivity contribution in [3.05, 3.63) is 112 Å². The zero-order valence-corrected chi connectivity index (χ0v) is 18.3. The molecule has 0 saturated heterocycles. The summed E-state index contributed by atoms with van der Waals surface area (Å²) < 4.78 is 7.01. The van der Waals surface area contributed by atoms with Crippen molar-refractivity contribution in [3.63, 3.8) is 0 Å². The predicted octanol–water partition coefficient (Wildman–Crippen LogP) is 5.40. The van der Waals surface area contributed by atoms with Gasteiger partial charge in [0.05, 0.1) is 24.0 Å². The maximum atomic E-state index is 13.1. The Morgan fingerprint density at radius 2 is 1.68 bits per heavy atom. The van der Waals surface area contributed by atoms with Crippen molar-refractivity contribution >= 4 is 17.6 Å². The SMILES string of the molecule is O=C(OCc1ccccc1)N1C[C@H](n2ncc(-c3ccccc3)c2[N+](=O)[O-])Cc2ccccc21. The molecule has 1 amide bonds. The topological polar surface area (TPSA) is 90.5 Å². The Morgan fingerprint density at radius 1 is 1.00 bits per heavy atom. The van der Waals surface area contributed by atoms with Crippen LogP contribution in [0.25, 0.3) is 11.1 Å². The monoisotopic (exact) mass is 454 g/mol. The van der Waals surface area contributed by atoms with E-state index in [1.54, 1.807) is 4.90 Å². The molecule has 0 unspecified atom stereocenters. The number of fused-ring (bicyclic) bond motifs is 1. The summed E-state index contributed by atoms with van der Waals surface area (Å²) in [7, 11) is 0. The number of nitrogens with zero attached hydrogens (tertiary/aromatic N) is 4. The van der Waals surface area contributed by atoms with E-state index in [1.165, 1.54) is 10.9 Å². The lowest BCUT2D eigenvalue weighted by Gasteiger charge is -2.32. The van der Waals surface area contributed by atoms with Crippen LogP contribution in [0.2, 0.25) is 0 Å². The first-order chi connectivity index (χ1) is 16.6. The molecule has 170 valence electrons. The number of aromatic nitrogens is 2. The second-order valence-electron chi connectivity index (χ2n) is 8.09. The quantitative estimate of drug-likeness (QED) is 0.298. The first kappa shape index (κ1) is 21.4. The first-order valence-corrected chi connectivity index (χ1v) is 11.0. The van der Waals surface area contributed by atoms with Gasteiger partial charge in [-0.2, -0.15) is 0 Å². The molecule has 5 rings (SSSR count). The van der Waals surface area contributed by atoms with Crippen LogP contribution in [-0.2, 0) is 17.8 Å². The molecule has 0 fully saturated rings. The van der Waals surface area contributed by atoms with Gasteiger partial charge in [0, 0.05) is 6.42 Å². The molecule has 1 aromatic heterocycles. The molecule has 1 atom stereocenters. The maximum Gasteiger partial charge on any atom is 0.414 e. The van der Waals surface area contributed by atoms with E-state index >= 15 is 0 Å². The van der Waals surface area contributed by atoms with Gasteiger partial charge >= 0.3 is 11.9 Å². The number of hydrogen-bond donors (Lipinski definition) is 0. The van der Waals surface area contributed by atoms with Gasteiger partial charge in [-0.05, 0) is 27.7 Å². The number of nitro groups is 1. The van der Waals surface area contributed by atoms with Crippen LogP contribution in [0.3, 0.4) is 0 Å². The van der Waals surface area contributed by atoms with Gasteiger partial charge in [-0.3, -0.25) is 4.90 Å². The molecule has 0 saturated carbocycles. The van der Waals surface area contributed by atoms with Crippen LogP contribution in [0, 0.1) is 10.1 Å². The normalized spacial score (nSPS) is 14.9. The molecular formula is C26H22N4O4. The number of para-hydroxylation sites is 1. The Bertz CT molecular complexity index is 1320. The Kier molecular flexibility index (Phi) is 5.78. The lowest BCUT2D eigenvalue weighted by atomic mass is 9.98. The maximum absolute atomic E-state index is 13.1. The number of carbonyl (C=O) groups is 1. The molecule has 3 aromatic carbocycles. The van der Waals surface area contributed by atoms with Crippen molar-refractivity contribution in [2.45, 2.75) is 19.1 Å². The molecular weight excluding hydrogens is 432 g/mol. The fourth-order valence-electron chi connectivity index (χ4n) is 4.33. The van der Waals surface area contributed by atoms with Gasteiger partial charge in [0.2, 0.25) is 0 Å². The average Bonchev–Trinajstić information content (AvgIpc) is 3.33. The highest BCUT2D eigenvalue weighted by atomic mass is 16.6. The summed E-state index contributed by atoms with van der Waals surface area (Å²) in [5, 5.41) is 16.5. The predicted molar refractivity (Wildman–Crippen MR) is 127 cm³/mol. The van der Waals surface area contributed by atoms with Gasteiger partial charge in [0.1, 0.15) is 12.6 Å². The minimum atomic E-state index is -0.501. The van der Waals surface area contributed by atoms with E-state index in [-0.39, 0.29) is 19.0 Å². The van der Waals surface area contributed by atoms with Gasteiger partial charge in [-0.1, -0.05) is 84.0 Å². The molecule has 0 aliphatic carbocycles. The summed E-state index contributed by atoms with van der Waals surface area (Å²) in [6, 6.07) is 25.7. The highest BCUT2D eigenvalue weighted by molar-refractivity contribution is 5.89. The van der Waals surface area contributed by atoms with Gasteiger partial charge in [-0.15, -0.1) is 4.68 Å². The number of carbonyl (C=O) groups excluding carboxylic acids is 1. The number of rotatable bonds is 5. The van der Waals surface area contributed by atoms with Crippen molar-refractivity contribution < 1.29 is 14.5 Å². The van der Waals surface area contributed by atoms with Gasteiger partial charge in [-0.25, -0.2) is 4.79 Å². The summed E-state index contributed by atoms with van der Waals surface area (Å²) in [6.45, 7) is 0.352. The molecule has 0 spiro atoms. The summed E-state index contributed by atoms with van der Waals surface area (Å²) >= 11 is 0. The van der Waals surface area contributed by atoms with E-state index in [2.05, 4.69) is 5.10 Å². The van der Waals surface area contributed by atoms with Crippen molar-refractivity contribution in [3.8, 4) is 11.1 Å². The highest BCUT2D eigenvalue weighted by Gasteiger charge is 2.37. The largest absolute Gasteiger partial charge is 0.444 e. The fraction of sp³-hybridized carbons (Fsp3) is 0.154. The van der Waals surface area contributed by atoms with Gasteiger partial charge < -0.3 is 14.9 Å². The van der Waals surface area contributed by atoms with Crippen LogP contribution in [0.4, 0.5) is 16.3 Å². The number of anilines is 1. The molecule has 8 nitrogen and oxygen atoms in total. The Hall–Kier alpha value is -4.46. The smallest absolute Gasteiger partial charge is 0.414 e. The minimum absolute atomic E-state index is 0.0896. The van der Waals surface area contributed by atoms with Crippen LogP contribution < -0.4 is 4.90 Å². The number of benzene rings is 3. The zero-order valence-electron chi connectivity index (χ0n) is 18.3. The van der Waals surface area contributed by atoms with Gasteiger partial charge in [0.15, 0.2) is 0 Å². The summed E-state index contributed by atoms with van der Waals surface area (Å²) in [4.78, 5) is 26.3. The molecule has 4 aromatic rings. The number of hydrogen-bond acceptors (Lipinski definition) is 5. The van der Waals surface area contributed by atoms with Crippen molar-refractivity contribution in [2.24, 2.45) is 0 Å². The van der Waals surface area contributed by atoms with Crippen LogP contribution in [-0.4, -0.2) is 27.3 Å². The number of ether oxygens (including phenoxy) is 1. The Balaban J connectivity index is 1.47. The zero-order chi connectivity index (χ0) is 23.5. The van der Waals surface area contributed by atoms with Crippen molar-refractivity contribution in [1.29, 1.82) is 0 Å². The van der Waals surface area contributed by atoms with Gasteiger partial charge in [0.25, 0.3) is 0 Å². The van der Waals surface area contributed by atoms with Crippen LogP contribution >= 0.6 is 0 Å². The minimum Gasteiger partial charge on any atom is -0.444 e. The molecule has 2 heterocycles. The highest BCUT2D eigenvalue weighted by Crippen LogP contribution is 2.37. The van der Waals surface area contributed by atoms with Crippen LogP contribution in [0.1, 0.15) is 17.2 Å². The molecule has 0 N–H and O–H groups in total. The number of amides is 1. The van der Waals surface area contributed by atoms with E-state index in [0.717, 1.165) is 22.4 Å². The third-order valence-electron chi connectivity index (χ3n) is 5.93.